The van der Waals surface area contributed by atoms with E-state index in [4.69, 9.17) is 0 Å². The van der Waals surface area contributed by atoms with Gasteiger partial charge in [-0.3, -0.25) is 4.99 Å². The van der Waals surface area contributed by atoms with E-state index >= 15 is 0 Å². The molecular formula is C9H13N3. The van der Waals surface area contributed by atoms with E-state index in [0.29, 0.717) is 5.96 Å². The Morgan fingerprint density at radius 3 is 3.08 bits per heavy atom. The molecule has 1 heterocycles. The van der Waals surface area contributed by atoms with Crippen LogP contribution in [0.5, 0.6) is 0 Å². The van der Waals surface area contributed by atoms with Crippen molar-refractivity contribution in [3.8, 4) is 0 Å². The summed E-state index contributed by atoms with van der Waals surface area (Å²) in [5.74, 6) is 0.655. The largest absolute Gasteiger partial charge is 0.349 e. The van der Waals surface area contributed by atoms with Crippen molar-refractivity contribution in [2.24, 2.45) is 9.98 Å². The number of allylic oxidation sites excluding steroid dienone is 2. The second-order valence-corrected chi connectivity index (χ2v) is 2.58. The van der Waals surface area contributed by atoms with Gasteiger partial charge in [-0.15, -0.1) is 0 Å². The zero-order valence-electron chi connectivity index (χ0n) is 7.41. The number of nitrogens with zero attached hydrogens (tertiary/aromatic N) is 2. The fourth-order valence-corrected chi connectivity index (χ4v) is 0.915. The molecule has 1 N–H and O–H groups in total. The van der Waals surface area contributed by atoms with Gasteiger partial charge in [0.15, 0.2) is 0 Å². The zero-order valence-corrected chi connectivity index (χ0v) is 7.41. The number of guanidine groups is 1. The fourth-order valence-electron chi connectivity index (χ4n) is 0.915. The summed E-state index contributed by atoms with van der Waals surface area (Å²) in [5, 5.41) is 3.12. The molecule has 3 nitrogen and oxygen atoms in total. The third-order valence-electron chi connectivity index (χ3n) is 1.57. The maximum atomic E-state index is 4.21. The quantitative estimate of drug-likeness (QED) is 0.618. The van der Waals surface area contributed by atoms with Crippen LogP contribution in [-0.2, 0) is 0 Å². The van der Waals surface area contributed by atoms with Crippen molar-refractivity contribution in [3.05, 3.63) is 24.8 Å². The SMILES string of the molecule is C=CC1=NC(=NC)NC(C)C=C1. The number of hydrogen-bond donors (Lipinski definition) is 1. The Balaban J connectivity index is 2.92. The molecule has 64 valence electrons. The highest BCUT2D eigenvalue weighted by Crippen LogP contribution is 1.96. The normalized spacial score (nSPS) is 26.0. The molecule has 0 aliphatic carbocycles. The van der Waals surface area contributed by atoms with Gasteiger partial charge in [-0.1, -0.05) is 12.7 Å². The van der Waals surface area contributed by atoms with Gasteiger partial charge >= 0.3 is 0 Å². The molecule has 1 unspecified atom stereocenters. The van der Waals surface area contributed by atoms with E-state index in [1.807, 2.05) is 19.1 Å². The minimum Gasteiger partial charge on any atom is -0.349 e. The summed E-state index contributed by atoms with van der Waals surface area (Å²) in [6.45, 7) is 5.70. The highest BCUT2D eigenvalue weighted by Gasteiger charge is 2.04. The summed E-state index contributed by atoms with van der Waals surface area (Å²) in [4.78, 5) is 8.20. The van der Waals surface area contributed by atoms with Crippen LogP contribution in [0, 0.1) is 0 Å². The van der Waals surface area contributed by atoms with Crippen LogP contribution in [0.2, 0.25) is 0 Å². The Morgan fingerprint density at radius 2 is 2.50 bits per heavy atom. The second-order valence-electron chi connectivity index (χ2n) is 2.58. The molecule has 0 amide bonds. The van der Waals surface area contributed by atoms with Gasteiger partial charge in [0.1, 0.15) is 0 Å². The first-order valence-electron chi connectivity index (χ1n) is 3.89. The molecule has 1 aliphatic heterocycles. The van der Waals surface area contributed by atoms with Gasteiger partial charge in [0, 0.05) is 13.1 Å². The van der Waals surface area contributed by atoms with Crippen LogP contribution >= 0.6 is 0 Å². The van der Waals surface area contributed by atoms with Crippen LogP contribution in [-0.4, -0.2) is 24.8 Å². The molecule has 3 heteroatoms. The summed E-state index contributed by atoms with van der Waals surface area (Å²) >= 11 is 0. The van der Waals surface area contributed by atoms with Crippen molar-refractivity contribution >= 4 is 11.7 Å². The van der Waals surface area contributed by atoms with E-state index < -0.39 is 0 Å². The lowest BCUT2D eigenvalue weighted by Crippen LogP contribution is -2.28. The first kappa shape index (κ1) is 8.71. The Hall–Kier alpha value is -1.38. The summed E-state index contributed by atoms with van der Waals surface area (Å²) in [7, 11) is 1.71. The molecule has 12 heavy (non-hydrogen) atoms. The van der Waals surface area contributed by atoms with E-state index in [0.717, 1.165) is 5.71 Å². The van der Waals surface area contributed by atoms with Crippen molar-refractivity contribution in [1.29, 1.82) is 0 Å². The molecule has 0 bridgehead atoms. The number of rotatable bonds is 1. The number of hydrogen-bond acceptors (Lipinski definition) is 1. The van der Waals surface area contributed by atoms with Crippen LogP contribution in [0.25, 0.3) is 0 Å². The minimum absolute atomic E-state index is 0.268. The summed E-state index contributed by atoms with van der Waals surface area (Å²) in [5.41, 5.74) is 0.840. The molecular weight excluding hydrogens is 150 g/mol. The lowest BCUT2D eigenvalue weighted by atomic mass is 10.2. The monoisotopic (exact) mass is 163 g/mol. The van der Waals surface area contributed by atoms with E-state index in [1.54, 1.807) is 13.1 Å². The Bertz CT molecular complexity index is 261. The van der Waals surface area contributed by atoms with Crippen LogP contribution in [0.3, 0.4) is 0 Å². The van der Waals surface area contributed by atoms with Crippen LogP contribution in [0.1, 0.15) is 6.92 Å². The standard InChI is InChI=1S/C9H13N3/c1-4-8-6-5-7(2)11-9(10-3)12-8/h4-7H,1H2,2-3H3,(H,10,11). The number of aliphatic imine (C=N–C) groups is 2. The Morgan fingerprint density at radius 1 is 1.75 bits per heavy atom. The van der Waals surface area contributed by atoms with Gasteiger partial charge in [0.25, 0.3) is 0 Å². The Labute approximate surface area is 72.6 Å². The van der Waals surface area contributed by atoms with Gasteiger partial charge in [0.05, 0.1) is 5.71 Å². The van der Waals surface area contributed by atoms with Gasteiger partial charge in [0.2, 0.25) is 5.96 Å². The minimum atomic E-state index is 0.268. The summed E-state index contributed by atoms with van der Waals surface area (Å²) < 4.78 is 0. The third kappa shape index (κ3) is 2.05. The van der Waals surface area contributed by atoms with Crippen molar-refractivity contribution < 1.29 is 0 Å². The molecule has 0 radical (unpaired) electrons. The maximum Gasteiger partial charge on any atom is 0.218 e. The molecule has 0 saturated heterocycles. The highest BCUT2D eigenvalue weighted by atomic mass is 15.1. The molecule has 0 aromatic heterocycles. The van der Waals surface area contributed by atoms with E-state index in [1.165, 1.54) is 0 Å². The second kappa shape index (κ2) is 3.85. The van der Waals surface area contributed by atoms with Gasteiger partial charge in [-0.05, 0) is 19.1 Å². The molecule has 0 fully saturated rings. The predicted molar refractivity (Wildman–Crippen MR) is 52.7 cm³/mol. The summed E-state index contributed by atoms with van der Waals surface area (Å²) in [6, 6.07) is 0.268. The first-order valence-corrected chi connectivity index (χ1v) is 3.89. The van der Waals surface area contributed by atoms with Crippen molar-refractivity contribution in [3.63, 3.8) is 0 Å². The summed E-state index contributed by atoms with van der Waals surface area (Å²) in [6.07, 6.45) is 5.67. The van der Waals surface area contributed by atoms with Crippen molar-refractivity contribution in [2.45, 2.75) is 13.0 Å². The maximum absolute atomic E-state index is 4.21. The van der Waals surface area contributed by atoms with Crippen molar-refractivity contribution in [2.75, 3.05) is 7.05 Å². The molecule has 0 spiro atoms. The topological polar surface area (TPSA) is 36.8 Å². The van der Waals surface area contributed by atoms with Gasteiger partial charge in [-0.2, -0.15) is 0 Å². The average Bonchev–Trinajstić information content (AvgIpc) is 2.26. The molecule has 1 aliphatic rings. The fraction of sp³-hybridized carbons (Fsp3) is 0.333. The van der Waals surface area contributed by atoms with Crippen LogP contribution in [0.4, 0.5) is 0 Å². The average molecular weight is 163 g/mol. The molecule has 0 aromatic carbocycles. The molecule has 0 aromatic rings. The smallest absolute Gasteiger partial charge is 0.218 e. The van der Waals surface area contributed by atoms with E-state index in [2.05, 4.69) is 21.9 Å². The first-order chi connectivity index (χ1) is 5.76. The number of nitrogens with one attached hydrogen (secondary N) is 1. The van der Waals surface area contributed by atoms with E-state index in [9.17, 15) is 0 Å². The highest BCUT2D eigenvalue weighted by molar-refractivity contribution is 6.10. The lowest BCUT2D eigenvalue weighted by Gasteiger charge is -2.06. The lowest BCUT2D eigenvalue weighted by molar-refractivity contribution is 0.801. The molecule has 1 rings (SSSR count). The third-order valence-corrected chi connectivity index (χ3v) is 1.57. The molecule has 0 saturated carbocycles. The van der Waals surface area contributed by atoms with Gasteiger partial charge in [-0.25, -0.2) is 4.99 Å². The predicted octanol–water partition coefficient (Wildman–Crippen LogP) is 1.15. The zero-order chi connectivity index (χ0) is 8.97. The van der Waals surface area contributed by atoms with Crippen molar-refractivity contribution in [1.82, 2.24) is 5.32 Å². The van der Waals surface area contributed by atoms with Crippen LogP contribution < -0.4 is 5.32 Å². The Kier molecular flexibility index (Phi) is 2.80. The molecule has 1 atom stereocenters. The van der Waals surface area contributed by atoms with Crippen LogP contribution in [0.15, 0.2) is 34.8 Å². The van der Waals surface area contributed by atoms with Gasteiger partial charge < -0.3 is 5.32 Å². The van der Waals surface area contributed by atoms with E-state index in [-0.39, 0.29) is 6.04 Å².